The number of H-pyrrole nitrogens is 1. The Morgan fingerprint density at radius 3 is 2.56 bits per heavy atom. The first-order chi connectivity index (χ1) is 8.52. The average molecular weight is 246 g/mol. The summed E-state index contributed by atoms with van der Waals surface area (Å²) >= 11 is 0. The standard InChI is InChI=1S/C13H8F2N2O/c1-7-4-9(10(6-16)13(18)17-7)8-2-3-11(14)12(15)5-8/h2-5H,1H3,(H,17,18). The minimum Gasteiger partial charge on any atom is -0.325 e. The molecule has 0 atom stereocenters. The average Bonchev–Trinajstić information content (AvgIpc) is 2.32. The molecule has 0 fully saturated rings. The zero-order valence-electron chi connectivity index (χ0n) is 9.42. The van der Waals surface area contributed by atoms with Crippen molar-refractivity contribution in [2.45, 2.75) is 6.92 Å². The van der Waals surface area contributed by atoms with Gasteiger partial charge >= 0.3 is 0 Å². The summed E-state index contributed by atoms with van der Waals surface area (Å²) in [5, 5.41) is 8.94. The molecule has 0 saturated heterocycles. The van der Waals surface area contributed by atoms with Gasteiger partial charge in [-0.25, -0.2) is 8.78 Å². The lowest BCUT2D eigenvalue weighted by Gasteiger charge is -2.05. The Morgan fingerprint density at radius 2 is 1.94 bits per heavy atom. The van der Waals surface area contributed by atoms with Crippen molar-refractivity contribution in [1.82, 2.24) is 4.98 Å². The van der Waals surface area contributed by atoms with Crippen LogP contribution in [0.5, 0.6) is 0 Å². The van der Waals surface area contributed by atoms with Crippen molar-refractivity contribution in [3.63, 3.8) is 0 Å². The number of nitriles is 1. The topological polar surface area (TPSA) is 56.6 Å². The van der Waals surface area contributed by atoms with E-state index in [1.54, 1.807) is 19.1 Å². The van der Waals surface area contributed by atoms with Gasteiger partial charge in [-0.2, -0.15) is 5.26 Å². The van der Waals surface area contributed by atoms with Crippen LogP contribution in [0.1, 0.15) is 11.3 Å². The van der Waals surface area contributed by atoms with E-state index in [1.807, 2.05) is 0 Å². The van der Waals surface area contributed by atoms with Crippen molar-refractivity contribution in [3.05, 3.63) is 57.5 Å². The summed E-state index contributed by atoms with van der Waals surface area (Å²) in [5.41, 5.74) is 0.458. The van der Waals surface area contributed by atoms with Gasteiger partial charge in [0.15, 0.2) is 11.6 Å². The van der Waals surface area contributed by atoms with Gasteiger partial charge in [0, 0.05) is 11.3 Å². The van der Waals surface area contributed by atoms with Crippen LogP contribution in [0.25, 0.3) is 11.1 Å². The van der Waals surface area contributed by atoms with E-state index in [1.165, 1.54) is 6.07 Å². The molecule has 1 heterocycles. The number of halogens is 2. The van der Waals surface area contributed by atoms with E-state index in [-0.39, 0.29) is 11.1 Å². The summed E-state index contributed by atoms with van der Waals surface area (Å²) in [4.78, 5) is 14.1. The van der Waals surface area contributed by atoms with Crippen LogP contribution in [-0.2, 0) is 0 Å². The molecule has 0 radical (unpaired) electrons. The molecule has 0 amide bonds. The number of pyridine rings is 1. The molecule has 0 saturated carbocycles. The Bertz CT molecular complexity index is 714. The van der Waals surface area contributed by atoms with Crippen LogP contribution in [0, 0.1) is 29.9 Å². The van der Waals surface area contributed by atoms with Gasteiger partial charge < -0.3 is 4.98 Å². The van der Waals surface area contributed by atoms with Crippen molar-refractivity contribution in [2.24, 2.45) is 0 Å². The Kier molecular flexibility index (Phi) is 2.94. The number of aromatic amines is 1. The maximum Gasteiger partial charge on any atom is 0.266 e. The van der Waals surface area contributed by atoms with Crippen LogP contribution in [0.15, 0.2) is 29.1 Å². The highest BCUT2D eigenvalue weighted by Gasteiger charge is 2.12. The predicted octanol–water partition coefficient (Wildman–Crippen LogP) is 2.50. The molecule has 2 aromatic rings. The number of nitrogens with one attached hydrogen (secondary N) is 1. The maximum absolute atomic E-state index is 13.2. The molecule has 2 rings (SSSR count). The van der Waals surface area contributed by atoms with Gasteiger partial charge in [0.2, 0.25) is 0 Å². The quantitative estimate of drug-likeness (QED) is 0.840. The first-order valence-corrected chi connectivity index (χ1v) is 5.12. The molecule has 5 heteroatoms. The normalized spacial score (nSPS) is 10.1. The fraction of sp³-hybridized carbons (Fsp3) is 0.0769. The van der Waals surface area contributed by atoms with E-state index in [0.29, 0.717) is 11.3 Å². The molecule has 3 nitrogen and oxygen atoms in total. The molecule has 0 unspecified atom stereocenters. The summed E-state index contributed by atoms with van der Waals surface area (Å²) in [6.45, 7) is 1.64. The first-order valence-electron chi connectivity index (χ1n) is 5.12. The maximum atomic E-state index is 13.2. The Labute approximate surface area is 101 Å². The number of aryl methyl sites for hydroxylation is 1. The molecule has 18 heavy (non-hydrogen) atoms. The second-order valence-electron chi connectivity index (χ2n) is 3.81. The number of rotatable bonds is 1. The lowest BCUT2D eigenvalue weighted by Crippen LogP contribution is -2.12. The van der Waals surface area contributed by atoms with E-state index >= 15 is 0 Å². The van der Waals surface area contributed by atoms with Crippen molar-refractivity contribution in [2.75, 3.05) is 0 Å². The lowest BCUT2D eigenvalue weighted by atomic mass is 10.0. The van der Waals surface area contributed by atoms with Crippen LogP contribution in [0.2, 0.25) is 0 Å². The highest BCUT2D eigenvalue weighted by molar-refractivity contribution is 5.70. The van der Waals surface area contributed by atoms with Gasteiger partial charge in [0.25, 0.3) is 5.56 Å². The molecule has 1 aromatic carbocycles. The fourth-order valence-electron chi connectivity index (χ4n) is 1.69. The second kappa shape index (κ2) is 4.41. The van der Waals surface area contributed by atoms with E-state index in [0.717, 1.165) is 12.1 Å². The predicted molar refractivity (Wildman–Crippen MR) is 61.9 cm³/mol. The largest absolute Gasteiger partial charge is 0.325 e. The minimum atomic E-state index is -1.02. The molecular formula is C13H8F2N2O. The summed E-state index contributed by atoms with van der Waals surface area (Å²) in [7, 11) is 0. The molecule has 1 aromatic heterocycles. The third kappa shape index (κ3) is 2.00. The van der Waals surface area contributed by atoms with Crippen LogP contribution < -0.4 is 5.56 Å². The summed E-state index contributed by atoms with van der Waals surface area (Å²) in [5.74, 6) is -1.99. The summed E-state index contributed by atoms with van der Waals surface area (Å²) in [6, 6.07) is 6.56. The molecule has 0 aliphatic rings. The number of hydrogen-bond donors (Lipinski definition) is 1. The number of nitrogens with zero attached hydrogens (tertiary/aromatic N) is 1. The van der Waals surface area contributed by atoms with Crippen molar-refractivity contribution >= 4 is 0 Å². The van der Waals surface area contributed by atoms with Crippen LogP contribution in [0.4, 0.5) is 8.78 Å². The number of aromatic nitrogens is 1. The van der Waals surface area contributed by atoms with Crippen molar-refractivity contribution in [1.29, 1.82) is 5.26 Å². The number of hydrogen-bond acceptors (Lipinski definition) is 2. The summed E-state index contributed by atoms with van der Waals surface area (Å²) < 4.78 is 26.0. The van der Waals surface area contributed by atoms with Gasteiger partial charge in [0.05, 0.1) is 0 Å². The monoisotopic (exact) mass is 246 g/mol. The van der Waals surface area contributed by atoms with E-state index in [9.17, 15) is 13.6 Å². The third-order valence-electron chi connectivity index (χ3n) is 2.51. The fourth-order valence-corrected chi connectivity index (χ4v) is 1.69. The van der Waals surface area contributed by atoms with Crippen LogP contribution >= 0.6 is 0 Å². The molecule has 90 valence electrons. The first kappa shape index (κ1) is 12.0. The zero-order chi connectivity index (χ0) is 13.3. The molecular weight excluding hydrogens is 238 g/mol. The highest BCUT2D eigenvalue weighted by atomic mass is 19.2. The Balaban J connectivity index is 2.75. The van der Waals surface area contributed by atoms with Crippen molar-refractivity contribution < 1.29 is 8.78 Å². The Hall–Kier alpha value is -2.48. The van der Waals surface area contributed by atoms with Gasteiger partial charge in [-0.3, -0.25) is 4.79 Å². The zero-order valence-corrected chi connectivity index (χ0v) is 9.42. The van der Waals surface area contributed by atoms with Gasteiger partial charge in [-0.05, 0) is 30.7 Å². The molecule has 1 N–H and O–H groups in total. The van der Waals surface area contributed by atoms with E-state index < -0.39 is 17.2 Å². The summed E-state index contributed by atoms with van der Waals surface area (Å²) in [6.07, 6.45) is 0. The van der Waals surface area contributed by atoms with Crippen LogP contribution in [0.3, 0.4) is 0 Å². The number of benzene rings is 1. The highest BCUT2D eigenvalue weighted by Crippen LogP contribution is 2.23. The lowest BCUT2D eigenvalue weighted by molar-refractivity contribution is 0.509. The second-order valence-corrected chi connectivity index (χ2v) is 3.81. The minimum absolute atomic E-state index is 0.119. The van der Waals surface area contributed by atoms with Crippen molar-refractivity contribution in [3.8, 4) is 17.2 Å². The molecule has 0 aliphatic heterocycles. The third-order valence-corrected chi connectivity index (χ3v) is 2.51. The molecule has 0 spiro atoms. The molecule has 0 aliphatic carbocycles. The van der Waals surface area contributed by atoms with Gasteiger partial charge in [0.1, 0.15) is 11.6 Å². The van der Waals surface area contributed by atoms with Gasteiger partial charge in [-0.1, -0.05) is 6.07 Å². The van der Waals surface area contributed by atoms with Gasteiger partial charge in [-0.15, -0.1) is 0 Å². The SMILES string of the molecule is Cc1cc(-c2ccc(F)c(F)c2)c(C#N)c(=O)[nH]1. The van der Waals surface area contributed by atoms with E-state index in [4.69, 9.17) is 5.26 Å². The van der Waals surface area contributed by atoms with Crippen LogP contribution in [-0.4, -0.2) is 4.98 Å². The smallest absolute Gasteiger partial charge is 0.266 e. The Morgan fingerprint density at radius 1 is 1.22 bits per heavy atom. The van der Waals surface area contributed by atoms with E-state index in [2.05, 4.69) is 4.98 Å². The molecule has 0 bridgehead atoms.